The molecule has 6 nitrogen and oxygen atoms in total. The highest BCUT2D eigenvalue weighted by atomic mass is 16.5. The highest BCUT2D eigenvalue weighted by Gasteiger charge is 2.17. The van der Waals surface area contributed by atoms with Crippen LogP contribution < -0.4 is 15.4 Å². The Morgan fingerprint density at radius 3 is 2.47 bits per heavy atom. The van der Waals surface area contributed by atoms with E-state index in [9.17, 15) is 9.59 Å². The van der Waals surface area contributed by atoms with Gasteiger partial charge in [-0.25, -0.2) is 0 Å². The molecule has 2 amide bonds. The fourth-order valence-electron chi connectivity index (χ4n) is 3.57. The minimum atomic E-state index is -0.297. The molecule has 2 N–H and O–H groups in total. The molecule has 0 spiro atoms. The average Bonchev–Trinajstić information content (AvgIpc) is 3.36. The first kappa shape index (κ1) is 21.6. The van der Waals surface area contributed by atoms with Crippen LogP contribution in [0.25, 0.3) is 11.1 Å². The summed E-state index contributed by atoms with van der Waals surface area (Å²) in [6, 6.07) is 24.5. The highest BCUT2D eigenvalue weighted by Crippen LogP contribution is 2.22. The second-order valence-electron chi connectivity index (χ2n) is 7.65. The molecule has 1 saturated heterocycles. The Balaban J connectivity index is 1.26. The van der Waals surface area contributed by atoms with E-state index in [0.29, 0.717) is 23.5 Å². The van der Waals surface area contributed by atoms with E-state index in [2.05, 4.69) is 10.6 Å². The largest absolute Gasteiger partial charge is 0.484 e. The summed E-state index contributed by atoms with van der Waals surface area (Å²) in [6.07, 6.45) is 2.08. The summed E-state index contributed by atoms with van der Waals surface area (Å²) in [7, 11) is 0. The molecular weight excluding hydrogens is 404 g/mol. The normalized spacial score (nSPS) is 15.2. The van der Waals surface area contributed by atoms with E-state index in [-0.39, 0.29) is 24.5 Å². The first-order valence-electron chi connectivity index (χ1n) is 10.8. The molecule has 0 radical (unpaired) electrons. The minimum absolute atomic E-state index is 0.0840. The summed E-state index contributed by atoms with van der Waals surface area (Å²) in [5, 5.41) is 5.66. The first-order valence-corrected chi connectivity index (χ1v) is 10.8. The third-order valence-corrected chi connectivity index (χ3v) is 5.25. The van der Waals surface area contributed by atoms with Crippen molar-refractivity contribution in [2.75, 3.05) is 25.1 Å². The van der Waals surface area contributed by atoms with Gasteiger partial charge in [0.15, 0.2) is 6.61 Å². The lowest BCUT2D eigenvalue weighted by molar-refractivity contribution is -0.118. The topological polar surface area (TPSA) is 76.7 Å². The van der Waals surface area contributed by atoms with Crippen molar-refractivity contribution in [2.24, 2.45) is 0 Å². The lowest BCUT2D eigenvalue weighted by Gasteiger charge is -2.12. The minimum Gasteiger partial charge on any atom is -0.484 e. The van der Waals surface area contributed by atoms with Crippen LogP contribution in [-0.2, 0) is 9.53 Å². The van der Waals surface area contributed by atoms with Gasteiger partial charge in [-0.3, -0.25) is 9.59 Å². The fraction of sp³-hybridized carbons (Fsp3) is 0.231. The van der Waals surface area contributed by atoms with Crippen LogP contribution in [0.3, 0.4) is 0 Å². The van der Waals surface area contributed by atoms with Crippen molar-refractivity contribution in [1.29, 1.82) is 0 Å². The van der Waals surface area contributed by atoms with Gasteiger partial charge in [-0.15, -0.1) is 0 Å². The Morgan fingerprint density at radius 1 is 0.938 bits per heavy atom. The Hall–Kier alpha value is -3.64. The van der Waals surface area contributed by atoms with Gasteiger partial charge < -0.3 is 20.1 Å². The Kier molecular flexibility index (Phi) is 7.15. The maximum absolute atomic E-state index is 12.4. The molecule has 164 valence electrons. The molecule has 1 fully saturated rings. The van der Waals surface area contributed by atoms with E-state index < -0.39 is 0 Å². The summed E-state index contributed by atoms with van der Waals surface area (Å²) in [4.78, 5) is 24.7. The van der Waals surface area contributed by atoms with E-state index in [1.807, 2.05) is 54.6 Å². The molecule has 1 unspecified atom stereocenters. The molecule has 0 saturated carbocycles. The lowest BCUT2D eigenvalue weighted by atomic mass is 10.1. The number of amides is 2. The lowest BCUT2D eigenvalue weighted by Crippen LogP contribution is -2.31. The summed E-state index contributed by atoms with van der Waals surface area (Å²) in [5.41, 5.74) is 3.23. The third kappa shape index (κ3) is 5.95. The van der Waals surface area contributed by atoms with Crippen LogP contribution in [0.1, 0.15) is 23.2 Å². The molecule has 1 atom stereocenters. The third-order valence-electron chi connectivity index (χ3n) is 5.25. The second-order valence-corrected chi connectivity index (χ2v) is 7.65. The van der Waals surface area contributed by atoms with Gasteiger partial charge in [-0.2, -0.15) is 0 Å². The van der Waals surface area contributed by atoms with Crippen molar-refractivity contribution in [3.63, 3.8) is 0 Å². The zero-order valence-corrected chi connectivity index (χ0v) is 17.8. The summed E-state index contributed by atoms with van der Waals surface area (Å²) in [6.45, 7) is 1.12. The standard InChI is InChI=1S/C26H26N2O4/c29-25(18-32-23-13-11-20(12-14-23)19-6-2-1-3-7-19)28-22-9-4-8-21(16-22)26(30)27-17-24-10-5-15-31-24/h1-4,6-9,11-14,16,24H,5,10,15,17-18H2,(H,27,30)(H,28,29). The number of hydrogen-bond donors (Lipinski definition) is 2. The Morgan fingerprint density at radius 2 is 1.72 bits per heavy atom. The van der Waals surface area contributed by atoms with E-state index in [0.717, 1.165) is 30.6 Å². The van der Waals surface area contributed by atoms with Crippen LogP contribution in [-0.4, -0.2) is 37.7 Å². The number of carbonyl (C=O) groups excluding carboxylic acids is 2. The van der Waals surface area contributed by atoms with Crippen molar-refractivity contribution in [1.82, 2.24) is 5.32 Å². The van der Waals surface area contributed by atoms with E-state index in [1.54, 1.807) is 24.3 Å². The van der Waals surface area contributed by atoms with Gasteiger partial charge in [0.05, 0.1) is 6.10 Å². The molecule has 1 aliphatic rings. The van der Waals surface area contributed by atoms with Crippen molar-refractivity contribution >= 4 is 17.5 Å². The van der Waals surface area contributed by atoms with E-state index in [1.165, 1.54) is 0 Å². The predicted molar refractivity (Wildman–Crippen MR) is 124 cm³/mol. The van der Waals surface area contributed by atoms with Gasteiger partial charge in [0.2, 0.25) is 0 Å². The molecule has 1 heterocycles. The van der Waals surface area contributed by atoms with Gasteiger partial charge >= 0.3 is 0 Å². The predicted octanol–water partition coefficient (Wildman–Crippen LogP) is 4.28. The number of anilines is 1. The molecule has 4 rings (SSSR count). The molecular formula is C26H26N2O4. The number of nitrogens with one attached hydrogen (secondary N) is 2. The van der Waals surface area contributed by atoms with E-state index in [4.69, 9.17) is 9.47 Å². The zero-order chi connectivity index (χ0) is 22.2. The second kappa shape index (κ2) is 10.6. The van der Waals surface area contributed by atoms with Crippen LogP contribution in [0.2, 0.25) is 0 Å². The van der Waals surface area contributed by atoms with Gasteiger partial charge in [0.25, 0.3) is 11.8 Å². The van der Waals surface area contributed by atoms with Crippen LogP contribution in [0.4, 0.5) is 5.69 Å². The maximum atomic E-state index is 12.4. The van der Waals surface area contributed by atoms with Crippen LogP contribution in [0.5, 0.6) is 5.75 Å². The number of carbonyl (C=O) groups is 2. The summed E-state index contributed by atoms with van der Waals surface area (Å²) >= 11 is 0. The number of hydrogen-bond acceptors (Lipinski definition) is 4. The van der Waals surface area contributed by atoms with Crippen LogP contribution >= 0.6 is 0 Å². The van der Waals surface area contributed by atoms with Gasteiger partial charge in [0.1, 0.15) is 5.75 Å². The number of ether oxygens (including phenoxy) is 2. The molecule has 0 aliphatic carbocycles. The monoisotopic (exact) mass is 430 g/mol. The molecule has 3 aromatic rings. The van der Waals surface area contributed by atoms with Crippen molar-refractivity contribution in [3.05, 3.63) is 84.4 Å². The summed E-state index contributed by atoms with van der Waals surface area (Å²) in [5.74, 6) is 0.127. The van der Waals surface area contributed by atoms with Crippen molar-refractivity contribution in [2.45, 2.75) is 18.9 Å². The molecule has 3 aromatic carbocycles. The number of rotatable bonds is 8. The fourth-order valence-corrected chi connectivity index (χ4v) is 3.57. The zero-order valence-electron chi connectivity index (χ0n) is 17.8. The van der Waals surface area contributed by atoms with Crippen molar-refractivity contribution in [3.8, 4) is 16.9 Å². The van der Waals surface area contributed by atoms with E-state index >= 15 is 0 Å². The molecule has 6 heteroatoms. The average molecular weight is 431 g/mol. The van der Waals surface area contributed by atoms with Crippen LogP contribution in [0.15, 0.2) is 78.9 Å². The SMILES string of the molecule is O=C(COc1ccc(-c2ccccc2)cc1)Nc1cccc(C(=O)NCC2CCCO2)c1. The molecule has 0 bridgehead atoms. The van der Waals surface area contributed by atoms with Crippen molar-refractivity contribution < 1.29 is 19.1 Å². The molecule has 0 aromatic heterocycles. The molecule has 32 heavy (non-hydrogen) atoms. The van der Waals surface area contributed by atoms with Gasteiger partial charge in [0, 0.05) is 24.4 Å². The first-order chi connectivity index (χ1) is 15.7. The number of benzene rings is 3. The quantitative estimate of drug-likeness (QED) is 0.559. The Bertz CT molecular complexity index is 1040. The van der Waals surface area contributed by atoms with Gasteiger partial charge in [-0.05, 0) is 54.3 Å². The smallest absolute Gasteiger partial charge is 0.262 e. The Labute approximate surface area is 187 Å². The highest BCUT2D eigenvalue weighted by molar-refractivity contribution is 5.97. The van der Waals surface area contributed by atoms with Gasteiger partial charge in [-0.1, -0.05) is 48.5 Å². The maximum Gasteiger partial charge on any atom is 0.262 e. The molecule has 1 aliphatic heterocycles. The summed E-state index contributed by atoms with van der Waals surface area (Å²) < 4.78 is 11.1. The van der Waals surface area contributed by atoms with Crippen LogP contribution in [0, 0.1) is 0 Å².